The molecule has 0 radical (unpaired) electrons. The number of halogens is 3. The van der Waals surface area contributed by atoms with Crippen molar-refractivity contribution in [3.8, 4) is 0 Å². The molecule has 0 aliphatic carbocycles. The first-order valence-corrected chi connectivity index (χ1v) is 9.86. The fourth-order valence-corrected chi connectivity index (χ4v) is 3.91. The van der Waals surface area contributed by atoms with Crippen LogP contribution in [-0.4, -0.2) is 24.3 Å². The molecule has 2 N–H and O–H groups in total. The number of nitrogens with one attached hydrogen (secondary N) is 2. The number of aryl methyl sites for hydroxylation is 1. The maximum atomic E-state index is 13.8. The van der Waals surface area contributed by atoms with Crippen molar-refractivity contribution in [3.63, 3.8) is 0 Å². The first kappa shape index (κ1) is 20.3. The fraction of sp³-hybridized carbons (Fsp3) is 0.286. The van der Waals surface area contributed by atoms with Gasteiger partial charge in [0.2, 0.25) is 17.7 Å². The third-order valence-electron chi connectivity index (χ3n) is 5.36. The maximum absolute atomic E-state index is 13.8. The minimum Gasteiger partial charge on any atom is -0.351 e. The highest BCUT2D eigenvalue weighted by atomic mass is 35.5. The Labute approximate surface area is 176 Å². The van der Waals surface area contributed by atoms with Crippen LogP contribution >= 0.6 is 11.6 Å². The van der Waals surface area contributed by atoms with Crippen molar-refractivity contribution in [1.82, 2.24) is 5.32 Å². The van der Waals surface area contributed by atoms with E-state index < -0.39 is 23.5 Å². The number of fused-ring (bicyclic) bond motifs is 1. The molecule has 2 aliphatic rings. The van der Waals surface area contributed by atoms with Gasteiger partial charge in [0.1, 0.15) is 17.6 Å². The maximum Gasteiger partial charge on any atom is 0.239 e. The van der Waals surface area contributed by atoms with E-state index in [0.717, 1.165) is 17.3 Å². The predicted molar refractivity (Wildman–Crippen MR) is 107 cm³/mol. The lowest BCUT2D eigenvalue weighted by Gasteiger charge is -2.22. The molecular formula is C21H18ClF2N3O3. The molecule has 0 bridgehead atoms. The number of anilines is 2. The molecule has 156 valence electrons. The molecule has 1 fully saturated rings. The van der Waals surface area contributed by atoms with E-state index in [4.69, 9.17) is 11.6 Å². The summed E-state index contributed by atoms with van der Waals surface area (Å²) in [5.41, 5.74) is 2.38. The van der Waals surface area contributed by atoms with Gasteiger partial charge in [0.05, 0.1) is 5.02 Å². The predicted octanol–water partition coefficient (Wildman–Crippen LogP) is 3.17. The van der Waals surface area contributed by atoms with E-state index in [1.807, 2.05) is 6.07 Å². The Morgan fingerprint density at radius 1 is 1.17 bits per heavy atom. The van der Waals surface area contributed by atoms with Crippen LogP contribution in [0.1, 0.15) is 24.0 Å². The van der Waals surface area contributed by atoms with Gasteiger partial charge < -0.3 is 15.5 Å². The number of hydrogen-bond acceptors (Lipinski definition) is 3. The van der Waals surface area contributed by atoms with Gasteiger partial charge >= 0.3 is 0 Å². The second-order valence-electron chi connectivity index (χ2n) is 7.30. The van der Waals surface area contributed by atoms with Crippen LogP contribution in [0.3, 0.4) is 0 Å². The molecule has 4 rings (SSSR count). The van der Waals surface area contributed by atoms with Crippen molar-refractivity contribution in [3.05, 3.63) is 58.1 Å². The van der Waals surface area contributed by atoms with Crippen molar-refractivity contribution in [2.75, 3.05) is 16.8 Å². The van der Waals surface area contributed by atoms with E-state index in [9.17, 15) is 23.2 Å². The van der Waals surface area contributed by atoms with Gasteiger partial charge in [0.15, 0.2) is 0 Å². The van der Waals surface area contributed by atoms with Crippen molar-refractivity contribution in [1.29, 1.82) is 0 Å². The van der Waals surface area contributed by atoms with Crippen LogP contribution in [-0.2, 0) is 27.3 Å². The van der Waals surface area contributed by atoms with Crippen LogP contribution < -0.4 is 15.5 Å². The van der Waals surface area contributed by atoms with Gasteiger partial charge in [-0.15, -0.1) is 0 Å². The van der Waals surface area contributed by atoms with Crippen LogP contribution in [0, 0.1) is 17.6 Å². The lowest BCUT2D eigenvalue weighted by atomic mass is 10.0. The Balaban J connectivity index is 1.42. The van der Waals surface area contributed by atoms with Crippen LogP contribution in [0.15, 0.2) is 30.3 Å². The molecule has 0 aromatic heterocycles. The van der Waals surface area contributed by atoms with E-state index in [1.54, 1.807) is 12.1 Å². The zero-order chi connectivity index (χ0) is 21.4. The third-order valence-corrected chi connectivity index (χ3v) is 5.65. The van der Waals surface area contributed by atoms with Crippen LogP contribution in [0.4, 0.5) is 20.2 Å². The summed E-state index contributed by atoms with van der Waals surface area (Å²) in [5, 5.41) is 5.08. The summed E-state index contributed by atoms with van der Waals surface area (Å²) in [6.07, 6.45) is 1.30. The smallest absolute Gasteiger partial charge is 0.239 e. The number of rotatable bonds is 4. The normalized spacial score (nSPS) is 18.2. The van der Waals surface area contributed by atoms with Crippen molar-refractivity contribution >= 4 is 40.7 Å². The molecule has 1 atom stereocenters. The largest absolute Gasteiger partial charge is 0.351 e. The van der Waals surface area contributed by atoms with Gasteiger partial charge in [0, 0.05) is 42.5 Å². The molecule has 0 saturated carbocycles. The molecule has 2 aliphatic heterocycles. The van der Waals surface area contributed by atoms with E-state index in [-0.39, 0.29) is 28.9 Å². The highest BCUT2D eigenvalue weighted by Gasteiger charge is 2.37. The lowest BCUT2D eigenvalue weighted by molar-refractivity contribution is -0.132. The SMILES string of the molecule is O=C1CCc2cc(N3CC[C@H](C(=O)NCc4cc(Cl)c(F)cc4F)C3=O)ccc2N1. The standard InChI is InChI=1S/C21H18ClF2N3O3/c22-15-8-12(16(23)9-17(15)24)10-25-20(29)14-5-6-27(21(14)30)13-2-3-18-11(7-13)1-4-19(28)26-18/h2-3,7-9,14H,1,4-6,10H2,(H,25,29)(H,26,28)/t14-/m1/s1. The van der Waals surface area contributed by atoms with Crippen molar-refractivity contribution < 1.29 is 23.2 Å². The summed E-state index contributed by atoms with van der Waals surface area (Å²) in [4.78, 5) is 38.3. The van der Waals surface area contributed by atoms with E-state index in [2.05, 4.69) is 10.6 Å². The monoisotopic (exact) mass is 433 g/mol. The molecule has 2 heterocycles. The highest BCUT2D eigenvalue weighted by molar-refractivity contribution is 6.30. The molecule has 9 heteroatoms. The number of carbonyl (C=O) groups excluding carboxylic acids is 3. The average molecular weight is 434 g/mol. The number of benzene rings is 2. The summed E-state index contributed by atoms with van der Waals surface area (Å²) < 4.78 is 27.1. The van der Waals surface area contributed by atoms with Crippen LogP contribution in [0.5, 0.6) is 0 Å². The van der Waals surface area contributed by atoms with Crippen molar-refractivity contribution in [2.24, 2.45) is 5.92 Å². The Morgan fingerprint density at radius 2 is 1.97 bits per heavy atom. The van der Waals surface area contributed by atoms with E-state index in [1.165, 1.54) is 4.90 Å². The molecule has 1 saturated heterocycles. The van der Waals surface area contributed by atoms with E-state index in [0.29, 0.717) is 37.6 Å². The molecular weight excluding hydrogens is 416 g/mol. The molecule has 3 amide bonds. The minimum atomic E-state index is -0.889. The minimum absolute atomic E-state index is 0.0359. The topological polar surface area (TPSA) is 78.5 Å². The molecule has 2 aromatic rings. The van der Waals surface area contributed by atoms with Gasteiger partial charge in [-0.05, 0) is 42.7 Å². The Kier molecular flexibility index (Phi) is 5.42. The first-order chi connectivity index (χ1) is 14.3. The van der Waals surface area contributed by atoms with Gasteiger partial charge in [0.25, 0.3) is 0 Å². The molecule has 6 nitrogen and oxygen atoms in total. The second-order valence-corrected chi connectivity index (χ2v) is 7.70. The number of nitrogens with zero attached hydrogens (tertiary/aromatic N) is 1. The first-order valence-electron chi connectivity index (χ1n) is 9.49. The number of amides is 3. The lowest BCUT2D eigenvalue weighted by Crippen LogP contribution is -2.36. The summed E-state index contributed by atoms with van der Waals surface area (Å²) in [6, 6.07) is 7.11. The molecule has 2 aromatic carbocycles. The zero-order valence-corrected chi connectivity index (χ0v) is 16.6. The van der Waals surface area contributed by atoms with Gasteiger partial charge in [-0.1, -0.05) is 11.6 Å². The average Bonchev–Trinajstić information content (AvgIpc) is 3.10. The number of carbonyl (C=O) groups is 3. The van der Waals surface area contributed by atoms with E-state index >= 15 is 0 Å². The Bertz CT molecular complexity index is 1060. The summed E-state index contributed by atoms with van der Waals surface area (Å²) in [6.45, 7) is 0.172. The molecule has 0 spiro atoms. The quantitative estimate of drug-likeness (QED) is 0.574. The highest BCUT2D eigenvalue weighted by Crippen LogP contribution is 2.31. The fourth-order valence-electron chi connectivity index (χ4n) is 3.72. The molecule has 0 unspecified atom stereocenters. The summed E-state index contributed by atoms with van der Waals surface area (Å²) in [7, 11) is 0. The molecule has 30 heavy (non-hydrogen) atoms. The number of hydrogen-bond donors (Lipinski definition) is 2. The summed E-state index contributed by atoms with van der Waals surface area (Å²) >= 11 is 5.66. The van der Waals surface area contributed by atoms with Crippen LogP contribution in [0.25, 0.3) is 0 Å². The Hall–Kier alpha value is -3.00. The second kappa shape index (κ2) is 8.02. The third kappa shape index (κ3) is 3.87. The van der Waals surface area contributed by atoms with Crippen molar-refractivity contribution in [2.45, 2.75) is 25.8 Å². The summed E-state index contributed by atoms with van der Waals surface area (Å²) in [5.74, 6) is -3.49. The zero-order valence-electron chi connectivity index (χ0n) is 15.8. The van der Waals surface area contributed by atoms with Crippen LogP contribution in [0.2, 0.25) is 5.02 Å². The van der Waals surface area contributed by atoms with Gasteiger partial charge in [-0.25, -0.2) is 8.78 Å². The van der Waals surface area contributed by atoms with Gasteiger partial charge in [-0.3, -0.25) is 14.4 Å². The Morgan fingerprint density at radius 3 is 2.77 bits per heavy atom. The van der Waals surface area contributed by atoms with Gasteiger partial charge in [-0.2, -0.15) is 0 Å².